The molecule has 1 aliphatic rings. The second kappa shape index (κ2) is 4.07. The molecule has 0 amide bonds. The Morgan fingerprint density at radius 2 is 2.36 bits per heavy atom. The predicted molar refractivity (Wildman–Crippen MR) is 62.8 cm³/mol. The first-order chi connectivity index (χ1) is 6.81. The predicted octanol–water partition coefficient (Wildman–Crippen LogP) is 3.32. The summed E-state index contributed by atoms with van der Waals surface area (Å²) < 4.78 is 1.03. The zero-order chi connectivity index (χ0) is 9.97. The number of thioether (sulfide) groups is 1. The van der Waals surface area contributed by atoms with Crippen LogP contribution in [0.25, 0.3) is 0 Å². The van der Waals surface area contributed by atoms with Crippen LogP contribution in [0, 0.1) is 11.3 Å². The molecule has 0 saturated heterocycles. The summed E-state index contributed by atoms with van der Waals surface area (Å²) in [5, 5.41) is 10.8. The van der Waals surface area contributed by atoms with Crippen molar-refractivity contribution >= 4 is 33.4 Å². The average Bonchev–Trinajstić information content (AvgIpc) is 2.65. The van der Waals surface area contributed by atoms with E-state index in [1.807, 2.05) is 34.6 Å². The second-order valence-corrected chi connectivity index (χ2v) is 4.56. The zero-order valence-electron chi connectivity index (χ0n) is 7.27. The molecule has 0 aliphatic carbocycles. The third kappa shape index (κ3) is 1.79. The van der Waals surface area contributed by atoms with E-state index in [4.69, 9.17) is 5.26 Å². The Kier molecular flexibility index (Phi) is 2.80. The molecule has 2 nitrogen and oxygen atoms in total. The molecule has 2 rings (SSSR count). The van der Waals surface area contributed by atoms with Crippen LogP contribution in [0.15, 0.2) is 39.8 Å². The first-order valence-corrected chi connectivity index (χ1v) is 5.90. The molecule has 0 saturated carbocycles. The maximum atomic E-state index is 8.88. The molecule has 1 aromatic carbocycles. The lowest BCUT2D eigenvalue weighted by Crippen LogP contribution is -2.16. The van der Waals surface area contributed by atoms with Crippen molar-refractivity contribution in [3.63, 3.8) is 0 Å². The van der Waals surface area contributed by atoms with Crippen LogP contribution in [0.5, 0.6) is 0 Å². The summed E-state index contributed by atoms with van der Waals surface area (Å²) in [6, 6.07) is 10.1. The monoisotopic (exact) mass is 266 g/mol. The summed E-state index contributed by atoms with van der Waals surface area (Å²) >= 11 is 5.06. The summed E-state index contributed by atoms with van der Waals surface area (Å²) in [6.45, 7) is 0. The molecule has 0 radical (unpaired) electrons. The molecular weight excluding hydrogens is 260 g/mol. The van der Waals surface area contributed by atoms with Crippen LogP contribution in [0.2, 0.25) is 0 Å². The average molecular weight is 267 g/mol. The number of allylic oxidation sites excluding steroid dienone is 1. The highest BCUT2D eigenvalue weighted by molar-refractivity contribution is 9.10. The maximum Gasteiger partial charge on any atom is 0.127 e. The summed E-state index contributed by atoms with van der Waals surface area (Å²) in [6.07, 6.45) is 0. The van der Waals surface area contributed by atoms with Crippen molar-refractivity contribution < 1.29 is 0 Å². The molecule has 0 atom stereocenters. The molecule has 0 bridgehead atoms. The number of benzene rings is 1. The second-order valence-electron chi connectivity index (χ2n) is 2.82. The minimum Gasteiger partial charge on any atom is -0.322 e. The van der Waals surface area contributed by atoms with Gasteiger partial charge in [-0.15, -0.1) is 11.8 Å². The van der Waals surface area contributed by atoms with E-state index in [2.05, 4.69) is 22.0 Å². The van der Waals surface area contributed by atoms with Crippen molar-refractivity contribution in [1.29, 1.82) is 5.26 Å². The van der Waals surface area contributed by atoms with Crippen LogP contribution >= 0.6 is 27.7 Å². The lowest BCUT2D eigenvalue weighted by atomic mass is 10.3. The standard InChI is InChI=1S/C10H7BrN2S/c11-8-2-1-3-9(4-8)13-7-14-6-10(13)5-12/h1-4,6H,7H2. The van der Waals surface area contributed by atoms with Gasteiger partial charge in [0.1, 0.15) is 11.8 Å². The van der Waals surface area contributed by atoms with Crippen LogP contribution in [0.3, 0.4) is 0 Å². The van der Waals surface area contributed by atoms with E-state index in [9.17, 15) is 0 Å². The topological polar surface area (TPSA) is 27.0 Å². The van der Waals surface area contributed by atoms with Gasteiger partial charge in [-0.05, 0) is 18.2 Å². The van der Waals surface area contributed by atoms with Gasteiger partial charge in [-0.25, -0.2) is 0 Å². The zero-order valence-corrected chi connectivity index (χ0v) is 9.68. The fourth-order valence-electron chi connectivity index (χ4n) is 1.27. The number of nitrogens with zero attached hydrogens (tertiary/aromatic N) is 2. The van der Waals surface area contributed by atoms with Crippen molar-refractivity contribution in [3.05, 3.63) is 39.8 Å². The maximum absolute atomic E-state index is 8.88. The van der Waals surface area contributed by atoms with E-state index < -0.39 is 0 Å². The van der Waals surface area contributed by atoms with E-state index in [1.54, 1.807) is 11.8 Å². The van der Waals surface area contributed by atoms with Gasteiger partial charge in [0.2, 0.25) is 0 Å². The van der Waals surface area contributed by atoms with E-state index >= 15 is 0 Å². The highest BCUT2D eigenvalue weighted by Crippen LogP contribution is 2.30. The highest BCUT2D eigenvalue weighted by atomic mass is 79.9. The Balaban J connectivity index is 2.33. The van der Waals surface area contributed by atoms with E-state index in [0.29, 0.717) is 5.70 Å². The molecule has 0 fully saturated rings. The first kappa shape index (κ1) is 9.63. The van der Waals surface area contributed by atoms with Gasteiger partial charge in [-0.2, -0.15) is 5.26 Å². The van der Waals surface area contributed by atoms with Crippen molar-refractivity contribution in [1.82, 2.24) is 0 Å². The Morgan fingerprint density at radius 3 is 3.07 bits per heavy atom. The summed E-state index contributed by atoms with van der Waals surface area (Å²) in [4.78, 5) is 2.00. The van der Waals surface area contributed by atoms with Gasteiger partial charge >= 0.3 is 0 Å². The molecule has 1 heterocycles. The van der Waals surface area contributed by atoms with Gasteiger partial charge in [0, 0.05) is 15.6 Å². The van der Waals surface area contributed by atoms with Gasteiger partial charge in [-0.3, -0.25) is 0 Å². The molecular formula is C10H7BrN2S. The Morgan fingerprint density at radius 1 is 1.50 bits per heavy atom. The smallest absolute Gasteiger partial charge is 0.127 e. The number of hydrogen-bond donors (Lipinski definition) is 0. The summed E-state index contributed by atoms with van der Waals surface area (Å²) in [5.74, 6) is 0.819. The van der Waals surface area contributed by atoms with Crippen molar-refractivity contribution in [2.24, 2.45) is 0 Å². The number of nitriles is 1. The molecule has 0 spiro atoms. The lowest BCUT2D eigenvalue weighted by Gasteiger charge is -2.17. The van der Waals surface area contributed by atoms with Crippen molar-refractivity contribution in [3.8, 4) is 6.07 Å². The van der Waals surface area contributed by atoms with Gasteiger partial charge in [0.25, 0.3) is 0 Å². The van der Waals surface area contributed by atoms with Gasteiger partial charge in [0.05, 0.1) is 5.88 Å². The molecule has 70 valence electrons. The Hall–Kier alpha value is -0.920. The highest BCUT2D eigenvalue weighted by Gasteiger charge is 2.16. The third-order valence-electron chi connectivity index (χ3n) is 1.92. The molecule has 1 aliphatic heterocycles. The fourth-order valence-corrected chi connectivity index (χ4v) is 2.50. The normalized spacial score (nSPS) is 15.1. The van der Waals surface area contributed by atoms with Crippen molar-refractivity contribution in [2.45, 2.75) is 0 Å². The number of rotatable bonds is 1. The van der Waals surface area contributed by atoms with Crippen molar-refractivity contribution in [2.75, 3.05) is 10.8 Å². The largest absolute Gasteiger partial charge is 0.322 e. The number of hydrogen-bond acceptors (Lipinski definition) is 3. The van der Waals surface area contributed by atoms with Crippen LogP contribution in [0.1, 0.15) is 0 Å². The molecule has 0 aromatic heterocycles. The summed E-state index contributed by atoms with van der Waals surface area (Å²) in [7, 11) is 0. The van der Waals surface area contributed by atoms with Gasteiger partial charge < -0.3 is 4.90 Å². The number of anilines is 1. The molecule has 0 unspecified atom stereocenters. The van der Waals surface area contributed by atoms with Gasteiger partial charge in [-0.1, -0.05) is 22.0 Å². The van der Waals surface area contributed by atoms with Gasteiger partial charge in [0.15, 0.2) is 0 Å². The van der Waals surface area contributed by atoms with E-state index in [0.717, 1.165) is 16.0 Å². The molecule has 14 heavy (non-hydrogen) atoms. The van der Waals surface area contributed by atoms with Crippen LogP contribution in [0.4, 0.5) is 5.69 Å². The molecule has 1 aromatic rings. The van der Waals surface area contributed by atoms with Crippen LogP contribution < -0.4 is 4.90 Å². The van der Waals surface area contributed by atoms with E-state index in [1.165, 1.54) is 0 Å². The van der Waals surface area contributed by atoms with E-state index in [-0.39, 0.29) is 0 Å². The fraction of sp³-hybridized carbons (Fsp3) is 0.100. The SMILES string of the molecule is N#CC1=CSCN1c1cccc(Br)c1. The minimum absolute atomic E-state index is 0.716. The van der Waals surface area contributed by atoms with Crippen LogP contribution in [-0.2, 0) is 0 Å². The number of halogens is 1. The Bertz CT molecular complexity index is 422. The first-order valence-electron chi connectivity index (χ1n) is 4.06. The Labute approximate surface area is 95.3 Å². The summed E-state index contributed by atoms with van der Waals surface area (Å²) in [5.41, 5.74) is 1.77. The third-order valence-corrected chi connectivity index (χ3v) is 3.21. The molecule has 4 heteroatoms. The quantitative estimate of drug-likeness (QED) is 0.781. The van der Waals surface area contributed by atoms with Crippen LogP contribution in [-0.4, -0.2) is 5.88 Å². The molecule has 0 N–H and O–H groups in total. The lowest BCUT2D eigenvalue weighted by molar-refractivity contribution is 1.13. The minimum atomic E-state index is 0.716.